The maximum atomic E-state index is 11.8. The molecule has 1 aliphatic rings. The van der Waals surface area contributed by atoms with Gasteiger partial charge in [-0.1, -0.05) is 23.2 Å². The fourth-order valence-corrected chi connectivity index (χ4v) is 2.43. The number of carbonyl (C=O) groups excluding carboxylic acids is 1. The van der Waals surface area contributed by atoms with Crippen LogP contribution < -0.4 is 5.32 Å². The molecule has 1 saturated carbocycles. The summed E-state index contributed by atoms with van der Waals surface area (Å²) in [5.74, 6) is -2.37. The van der Waals surface area contributed by atoms with Crippen molar-refractivity contribution >= 4 is 56.7 Å². The minimum absolute atomic E-state index is 0.229. The molecule has 0 aliphatic heterocycles. The molecule has 0 unspecified atom stereocenters. The van der Waals surface area contributed by atoms with E-state index in [4.69, 9.17) is 28.3 Å². The molecule has 2 N–H and O–H groups in total. The van der Waals surface area contributed by atoms with Crippen molar-refractivity contribution in [2.75, 3.05) is 5.32 Å². The number of benzene rings is 1. The number of aliphatic carboxylic acids is 1. The highest BCUT2D eigenvalue weighted by Crippen LogP contribution is 2.41. The lowest BCUT2D eigenvalue weighted by Gasteiger charge is -2.08. The van der Waals surface area contributed by atoms with Crippen LogP contribution in [-0.2, 0) is 9.59 Å². The number of anilines is 1. The minimum atomic E-state index is -0.949. The molecule has 2 rings (SSSR count). The summed E-state index contributed by atoms with van der Waals surface area (Å²) in [4.78, 5) is 22.4. The van der Waals surface area contributed by atoms with Crippen LogP contribution in [0.2, 0.25) is 10.0 Å². The minimum Gasteiger partial charge on any atom is -0.481 e. The lowest BCUT2D eigenvalue weighted by Crippen LogP contribution is -2.17. The second-order valence-electron chi connectivity index (χ2n) is 4.00. The van der Waals surface area contributed by atoms with Gasteiger partial charge in [0, 0.05) is 4.47 Å². The molecule has 0 bridgehead atoms. The molecule has 0 heterocycles. The first kappa shape index (κ1) is 13.6. The zero-order chi connectivity index (χ0) is 13.4. The fourth-order valence-electron chi connectivity index (χ4n) is 1.61. The molecule has 0 radical (unpaired) electrons. The number of halogens is 3. The molecule has 1 aliphatic carbocycles. The van der Waals surface area contributed by atoms with E-state index in [1.165, 1.54) is 0 Å². The van der Waals surface area contributed by atoms with Crippen molar-refractivity contribution in [3.8, 4) is 0 Å². The van der Waals surface area contributed by atoms with Crippen LogP contribution in [0.3, 0.4) is 0 Å². The Morgan fingerprint density at radius 2 is 1.94 bits per heavy atom. The number of carboxylic acids is 1. The first-order valence-corrected chi connectivity index (χ1v) is 6.64. The van der Waals surface area contributed by atoms with E-state index in [0.29, 0.717) is 21.6 Å². The number of amides is 1. The van der Waals surface area contributed by atoms with Gasteiger partial charge in [0.15, 0.2) is 0 Å². The summed E-state index contributed by atoms with van der Waals surface area (Å²) < 4.78 is 0.627. The van der Waals surface area contributed by atoms with Crippen molar-refractivity contribution in [1.82, 2.24) is 0 Å². The number of rotatable bonds is 3. The van der Waals surface area contributed by atoms with E-state index in [1.54, 1.807) is 12.1 Å². The molecule has 0 aromatic heterocycles. The first-order valence-electron chi connectivity index (χ1n) is 5.09. The molecule has 96 valence electrons. The third kappa shape index (κ3) is 2.63. The Morgan fingerprint density at radius 3 is 2.50 bits per heavy atom. The van der Waals surface area contributed by atoms with Gasteiger partial charge in [0.2, 0.25) is 5.91 Å². The van der Waals surface area contributed by atoms with Crippen molar-refractivity contribution in [2.45, 2.75) is 6.42 Å². The largest absolute Gasteiger partial charge is 0.481 e. The Bertz CT molecular complexity index is 535. The number of carbonyl (C=O) groups is 2. The highest BCUT2D eigenvalue weighted by atomic mass is 79.9. The van der Waals surface area contributed by atoms with Crippen molar-refractivity contribution in [1.29, 1.82) is 0 Å². The lowest BCUT2D eigenvalue weighted by molar-refractivity contribution is -0.139. The molecular weight excluding hydrogens is 345 g/mol. The van der Waals surface area contributed by atoms with Gasteiger partial charge in [-0.2, -0.15) is 0 Å². The Morgan fingerprint density at radius 1 is 1.28 bits per heavy atom. The van der Waals surface area contributed by atoms with E-state index in [9.17, 15) is 9.59 Å². The smallest absolute Gasteiger partial charge is 0.307 e. The number of nitrogens with one attached hydrogen (secondary N) is 1. The van der Waals surface area contributed by atoms with Crippen molar-refractivity contribution in [3.63, 3.8) is 0 Å². The zero-order valence-electron chi connectivity index (χ0n) is 8.91. The number of hydrogen-bond donors (Lipinski definition) is 2. The van der Waals surface area contributed by atoms with Gasteiger partial charge in [-0.05, 0) is 34.5 Å². The molecule has 18 heavy (non-hydrogen) atoms. The van der Waals surface area contributed by atoms with E-state index in [0.717, 1.165) is 0 Å². The van der Waals surface area contributed by atoms with Crippen molar-refractivity contribution in [3.05, 3.63) is 26.7 Å². The topological polar surface area (TPSA) is 66.4 Å². The number of carboxylic acid groups (broad SMARTS) is 1. The maximum Gasteiger partial charge on any atom is 0.307 e. The van der Waals surface area contributed by atoms with Crippen molar-refractivity contribution in [2.24, 2.45) is 11.8 Å². The summed E-state index contributed by atoms with van der Waals surface area (Å²) in [6.07, 6.45) is 0.364. The normalized spacial score (nSPS) is 21.5. The van der Waals surface area contributed by atoms with Gasteiger partial charge in [0.25, 0.3) is 0 Å². The predicted octanol–water partition coefficient (Wildman–Crippen LogP) is 3.42. The zero-order valence-corrected chi connectivity index (χ0v) is 12.0. The molecule has 7 heteroatoms. The molecule has 4 nitrogen and oxygen atoms in total. The van der Waals surface area contributed by atoms with Crippen LogP contribution in [-0.4, -0.2) is 17.0 Å². The van der Waals surface area contributed by atoms with Gasteiger partial charge in [0.05, 0.1) is 27.6 Å². The number of hydrogen-bond acceptors (Lipinski definition) is 2. The molecule has 1 amide bonds. The Kier molecular flexibility index (Phi) is 3.84. The van der Waals surface area contributed by atoms with Crippen LogP contribution >= 0.6 is 39.1 Å². The van der Waals surface area contributed by atoms with E-state index < -0.39 is 17.8 Å². The first-order chi connectivity index (χ1) is 8.41. The van der Waals surface area contributed by atoms with Gasteiger partial charge < -0.3 is 10.4 Å². The Balaban J connectivity index is 2.09. The van der Waals surface area contributed by atoms with Crippen LogP contribution in [0.1, 0.15) is 6.42 Å². The van der Waals surface area contributed by atoms with Crippen LogP contribution in [0.5, 0.6) is 0 Å². The van der Waals surface area contributed by atoms with Crippen LogP contribution in [0.4, 0.5) is 5.69 Å². The average Bonchev–Trinajstić information content (AvgIpc) is 3.10. The van der Waals surface area contributed by atoms with Crippen LogP contribution in [0, 0.1) is 11.8 Å². The molecule has 2 atom stereocenters. The summed E-state index contributed by atoms with van der Waals surface area (Å²) in [5.41, 5.74) is 0.380. The average molecular weight is 353 g/mol. The maximum absolute atomic E-state index is 11.8. The van der Waals surface area contributed by atoms with Crippen molar-refractivity contribution < 1.29 is 14.7 Å². The second kappa shape index (κ2) is 5.07. The summed E-state index contributed by atoms with van der Waals surface area (Å²) in [5, 5.41) is 11.9. The standard InChI is InChI=1S/C11H8BrCl2NO3/c12-6-1-2-7(9(14)8(6)13)15-10(16)4-3-5(4)11(17)18/h1-2,4-5H,3H2,(H,15,16)(H,17,18)/t4-,5+/m1/s1. The monoisotopic (exact) mass is 351 g/mol. The van der Waals surface area contributed by atoms with Gasteiger partial charge in [-0.25, -0.2) is 0 Å². The summed E-state index contributed by atoms with van der Waals surface area (Å²) in [6, 6.07) is 3.26. The van der Waals surface area contributed by atoms with Gasteiger partial charge in [-0.15, -0.1) is 0 Å². The van der Waals surface area contributed by atoms with Gasteiger partial charge in [-0.3, -0.25) is 9.59 Å². The third-order valence-electron chi connectivity index (χ3n) is 2.74. The third-order valence-corrected chi connectivity index (χ3v) is 4.51. The van der Waals surface area contributed by atoms with E-state index in [-0.39, 0.29) is 10.9 Å². The van der Waals surface area contributed by atoms with Gasteiger partial charge >= 0.3 is 5.97 Å². The molecular formula is C11H8BrCl2NO3. The Labute approximate surface area is 121 Å². The molecule has 0 saturated heterocycles. The fraction of sp³-hybridized carbons (Fsp3) is 0.273. The second-order valence-corrected chi connectivity index (χ2v) is 5.61. The molecule has 1 aromatic rings. The Hall–Kier alpha value is -0.780. The van der Waals surface area contributed by atoms with E-state index >= 15 is 0 Å². The SMILES string of the molecule is O=C(O)[C@H]1C[C@H]1C(=O)Nc1ccc(Br)c(Cl)c1Cl. The lowest BCUT2D eigenvalue weighted by atomic mass is 10.2. The van der Waals surface area contributed by atoms with Gasteiger partial charge in [0.1, 0.15) is 0 Å². The summed E-state index contributed by atoms with van der Waals surface area (Å²) in [6.45, 7) is 0. The van der Waals surface area contributed by atoms with E-state index in [1.807, 2.05) is 0 Å². The highest BCUT2D eigenvalue weighted by Gasteiger charge is 2.48. The van der Waals surface area contributed by atoms with E-state index in [2.05, 4.69) is 21.2 Å². The quantitative estimate of drug-likeness (QED) is 0.819. The summed E-state index contributed by atoms with van der Waals surface area (Å²) >= 11 is 15.1. The predicted molar refractivity (Wildman–Crippen MR) is 72.0 cm³/mol. The summed E-state index contributed by atoms with van der Waals surface area (Å²) in [7, 11) is 0. The van der Waals surface area contributed by atoms with Crippen LogP contribution in [0.15, 0.2) is 16.6 Å². The molecule has 1 aromatic carbocycles. The van der Waals surface area contributed by atoms with Crippen LogP contribution in [0.25, 0.3) is 0 Å². The highest BCUT2D eigenvalue weighted by molar-refractivity contribution is 9.10. The molecule has 0 spiro atoms. The molecule has 1 fully saturated rings.